The summed E-state index contributed by atoms with van der Waals surface area (Å²) >= 11 is 8.85. The van der Waals surface area contributed by atoms with Crippen molar-refractivity contribution in [2.24, 2.45) is 0 Å². The lowest BCUT2D eigenvalue weighted by atomic mass is 10.2. The average molecular weight is 381 g/mol. The molecule has 0 amide bonds. The van der Waals surface area contributed by atoms with Gasteiger partial charge in [0.05, 0.1) is 0 Å². The summed E-state index contributed by atoms with van der Waals surface area (Å²) in [4.78, 5) is -0.0522. The van der Waals surface area contributed by atoms with Crippen LogP contribution in [0.15, 0.2) is 44.3 Å². The Morgan fingerprint density at radius 3 is 2.70 bits per heavy atom. The minimum atomic E-state index is -3.74. The molecule has 1 aromatic carbocycles. The normalized spacial score (nSPS) is 11.8. The second kappa shape index (κ2) is 6.28. The molecule has 0 aliphatic rings. The van der Waals surface area contributed by atoms with Crippen LogP contribution >= 0.6 is 27.5 Å². The lowest BCUT2D eigenvalue weighted by molar-refractivity contribution is 0.245. The fraction of sp³-hybridized carbons (Fsp3) is 0.167. The van der Waals surface area contributed by atoms with E-state index < -0.39 is 10.0 Å². The highest BCUT2D eigenvalue weighted by Crippen LogP contribution is 2.26. The number of benzene rings is 1. The minimum Gasteiger partial charge on any atom is -0.450 e. The molecule has 2 rings (SSSR count). The van der Waals surface area contributed by atoms with Crippen LogP contribution in [0.4, 0.5) is 0 Å². The third-order valence-electron chi connectivity index (χ3n) is 2.51. The molecular formula is C12H11BrClNO4S. The molecule has 0 aliphatic heterocycles. The summed E-state index contributed by atoms with van der Waals surface area (Å²) in [5.74, 6) is 0.167. The third kappa shape index (κ3) is 3.62. The van der Waals surface area contributed by atoms with Gasteiger partial charge in [0, 0.05) is 17.6 Å². The maximum Gasteiger partial charge on any atom is 0.245 e. The van der Waals surface area contributed by atoms with E-state index in [2.05, 4.69) is 20.7 Å². The molecule has 0 radical (unpaired) electrons. The van der Waals surface area contributed by atoms with E-state index in [9.17, 15) is 8.42 Å². The van der Waals surface area contributed by atoms with Gasteiger partial charge in [-0.2, -0.15) is 0 Å². The highest BCUT2D eigenvalue weighted by atomic mass is 79.9. The van der Waals surface area contributed by atoms with Crippen molar-refractivity contribution in [2.45, 2.75) is 18.0 Å². The molecule has 1 aromatic heterocycles. The first-order valence-corrected chi connectivity index (χ1v) is 8.21. The van der Waals surface area contributed by atoms with Gasteiger partial charge in [0.25, 0.3) is 0 Å². The lowest BCUT2D eigenvalue weighted by Gasteiger charge is -2.05. The molecular weight excluding hydrogens is 370 g/mol. The molecule has 0 saturated carbocycles. The van der Waals surface area contributed by atoms with Gasteiger partial charge in [0.2, 0.25) is 10.0 Å². The number of aliphatic hydroxyl groups is 1. The highest BCUT2D eigenvalue weighted by Gasteiger charge is 2.22. The maximum atomic E-state index is 12.1. The summed E-state index contributed by atoms with van der Waals surface area (Å²) < 4.78 is 31.8. The smallest absolute Gasteiger partial charge is 0.245 e. The molecule has 0 aliphatic carbocycles. The van der Waals surface area contributed by atoms with Crippen LogP contribution in [-0.2, 0) is 23.2 Å². The Hall–Kier alpha value is -0.860. The van der Waals surface area contributed by atoms with Crippen molar-refractivity contribution >= 4 is 37.6 Å². The Kier molecular flexibility index (Phi) is 4.87. The Bertz CT molecular complexity index is 714. The van der Waals surface area contributed by atoms with Crippen molar-refractivity contribution in [1.29, 1.82) is 0 Å². The topological polar surface area (TPSA) is 79.5 Å². The van der Waals surface area contributed by atoms with E-state index in [4.69, 9.17) is 21.1 Å². The van der Waals surface area contributed by atoms with Gasteiger partial charge in [-0.3, -0.25) is 0 Å². The largest absolute Gasteiger partial charge is 0.450 e. The SMILES string of the molecule is O=S(=O)(NCc1cccc(Cl)c1)c1cc(CO)oc1Br. The third-order valence-corrected chi connectivity index (χ3v) is 5.00. The second-order valence-electron chi connectivity index (χ2n) is 3.96. The predicted molar refractivity (Wildman–Crippen MR) is 77.8 cm³/mol. The van der Waals surface area contributed by atoms with Crippen molar-refractivity contribution in [1.82, 2.24) is 4.72 Å². The summed E-state index contributed by atoms with van der Waals surface area (Å²) in [7, 11) is -3.74. The van der Waals surface area contributed by atoms with Crippen LogP contribution in [-0.4, -0.2) is 13.5 Å². The van der Waals surface area contributed by atoms with Crippen LogP contribution in [0.1, 0.15) is 11.3 Å². The van der Waals surface area contributed by atoms with E-state index in [1.54, 1.807) is 24.3 Å². The van der Waals surface area contributed by atoms with Gasteiger partial charge in [-0.1, -0.05) is 23.7 Å². The molecule has 0 saturated heterocycles. The fourth-order valence-electron chi connectivity index (χ4n) is 1.56. The van der Waals surface area contributed by atoms with Gasteiger partial charge in [-0.15, -0.1) is 0 Å². The van der Waals surface area contributed by atoms with Crippen molar-refractivity contribution in [2.75, 3.05) is 0 Å². The molecule has 2 N–H and O–H groups in total. The van der Waals surface area contributed by atoms with Crippen molar-refractivity contribution < 1.29 is 17.9 Å². The molecule has 0 bridgehead atoms. The zero-order valence-corrected chi connectivity index (χ0v) is 13.3. The highest BCUT2D eigenvalue weighted by molar-refractivity contribution is 9.10. The molecule has 0 fully saturated rings. The summed E-state index contributed by atoms with van der Waals surface area (Å²) in [6, 6.07) is 8.15. The van der Waals surface area contributed by atoms with Gasteiger partial charge in [0.1, 0.15) is 17.3 Å². The molecule has 1 heterocycles. The number of hydrogen-bond acceptors (Lipinski definition) is 4. The van der Waals surface area contributed by atoms with Crippen molar-refractivity contribution in [3.05, 3.63) is 51.3 Å². The summed E-state index contributed by atoms with van der Waals surface area (Å²) in [5, 5.41) is 9.47. The Balaban J connectivity index is 2.17. The molecule has 8 heteroatoms. The summed E-state index contributed by atoms with van der Waals surface area (Å²) in [6.07, 6.45) is 0. The molecule has 108 valence electrons. The van der Waals surface area contributed by atoms with E-state index in [1.165, 1.54) is 6.07 Å². The summed E-state index contributed by atoms with van der Waals surface area (Å²) in [5.41, 5.74) is 0.739. The molecule has 2 aromatic rings. The van der Waals surface area contributed by atoms with E-state index in [0.29, 0.717) is 5.02 Å². The van der Waals surface area contributed by atoms with Gasteiger partial charge in [-0.25, -0.2) is 13.1 Å². The van der Waals surface area contributed by atoms with Crippen molar-refractivity contribution in [3.63, 3.8) is 0 Å². The standard InChI is InChI=1S/C12H11BrClNO4S/c13-12-11(5-10(7-16)19-12)20(17,18)15-6-8-2-1-3-9(14)4-8/h1-5,15-16H,6-7H2. The first kappa shape index (κ1) is 15.5. The Morgan fingerprint density at radius 2 is 2.10 bits per heavy atom. The zero-order valence-electron chi connectivity index (χ0n) is 10.1. The fourth-order valence-corrected chi connectivity index (χ4v) is 3.79. The number of sulfonamides is 1. The minimum absolute atomic E-state index is 0.0522. The quantitative estimate of drug-likeness (QED) is 0.836. The Labute approximate surface area is 129 Å². The molecule has 5 nitrogen and oxygen atoms in total. The molecule has 0 spiro atoms. The number of halogens is 2. The first-order valence-electron chi connectivity index (χ1n) is 5.55. The second-order valence-corrected chi connectivity index (χ2v) is 6.86. The average Bonchev–Trinajstić information content (AvgIpc) is 2.79. The molecule has 0 atom stereocenters. The van der Waals surface area contributed by atoms with Gasteiger partial charge >= 0.3 is 0 Å². The van der Waals surface area contributed by atoms with Gasteiger partial charge < -0.3 is 9.52 Å². The Morgan fingerprint density at radius 1 is 1.35 bits per heavy atom. The van der Waals surface area contributed by atoms with Crippen LogP contribution in [0.5, 0.6) is 0 Å². The van der Waals surface area contributed by atoms with Crippen LogP contribution in [0, 0.1) is 0 Å². The van der Waals surface area contributed by atoms with Crippen LogP contribution in [0.25, 0.3) is 0 Å². The predicted octanol–water partition coefficient (Wildman–Crippen LogP) is 2.67. The number of hydrogen-bond donors (Lipinski definition) is 2. The van der Waals surface area contributed by atoms with Crippen LogP contribution in [0.3, 0.4) is 0 Å². The number of nitrogens with one attached hydrogen (secondary N) is 1. The van der Waals surface area contributed by atoms with Crippen molar-refractivity contribution in [3.8, 4) is 0 Å². The van der Waals surface area contributed by atoms with E-state index in [0.717, 1.165) is 5.56 Å². The lowest BCUT2D eigenvalue weighted by Crippen LogP contribution is -2.23. The number of aliphatic hydroxyl groups excluding tert-OH is 1. The number of furan rings is 1. The maximum absolute atomic E-state index is 12.1. The summed E-state index contributed by atoms with van der Waals surface area (Å²) in [6.45, 7) is -0.266. The first-order chi connectivity index (χ1) is 9.42. The van der Waals surface area contributed by atoms with E-state index >= 15 is 0 Å². The van der Waals surface area contributed by atoms with Gasteiger partial charge in [0.15, 0.2) is 4.67 Å². The van der Waals surface area contributed by atoms with Gasteiger partial charge in [-0.05, 0) is 33.6 Å². The van der Waals surface area contributed by atoms with Crippen LogP contribution in [0.2, 0.25) is 5.02 Å². The van der Waals surface area contributed by atoms with E-state index in [1.807, 2.05) is 0 Å². The zero-order chi connectivity index (χ0) is 14.8. The monoisotopic (exact) mass is 379 g/mol. The molecule has 20 heavy (non-hydrogen) atoms. The molecule has 0 unspecified atom stereocenters. The van der Waals surface area contributed by atoms with E-state index in [-0.39, 0.29) is 28.5 Å². The van der Waals surface area contributed by atoms with Crippen LogP contribution < -0.4 is 4.72 Å². The number of rotatable bonds is 5.